The van der Waals surface area contributed by atoms with E-state index >= 15 is 0 Å². The fraction of sp³-hybridized carbons (Fsp3) is 0.400. The second-order valence-electron chi connectivity index (χ2n) is 4.86. The van der Waals surface area contributed by atoms with Crippen molar-refractivity contribution in [2.45, 2.75) is 25.8 Å². The summed E-state index contributed by atoms with van der Waals surface area (Å²) in [5.74, 6) is 0.587. The van der Waals surface area contributed by atoms with Gasteiger partial charge in [-0.05, 0) is 37.1 Å². The summed E-state index contributed by atoms with van der Waals surface area (Å²) in [6.07, 6.45) is 5.48. The Morgan fingerprint density at radius 2 is 2.25 bits per heavy atom. The van der Waals surface area contributed by atoms with Crippen molar-refractivity contribution < 1.29 is 4.39 Å². The van der Waals surface area contributed by atoms with Crippen LogP contribution < -0.4 is 5.32 Å². The van der Waals surface area contributed by atoms with E-state index in [9.17, 15) is 4.39 Å². The summed E-state index contributed by atoms with van der Waals surface area (Å²) in [7, 11) is 1.97. The first-order valence-corrected chi connectivity index (χ1v) is 7.14. The first kappa shape index (κ1) is 15.0. The minimum absolute atomic E-state index is 0.0940. The van der Waals surface area contributed by atoms with Crippen molar-refractivity contribution in [3.05, 3.63) is 52.8 Å². The van der Waals surface area contributed by atoms with Gasteiger partial charge in [0.05, 0.1) is 11.1 Å². The second-order valence-corrected chi connectivity index (χ2v) is 5.26. The Morgan fingerprint density at radius 3 is 2.85 bits per heavy atom. The number of nitrogens with one attached hydrogen (secondary N) is 1. The number of nitrogens with zero attached hydrogens (tertiary/aromatic N) is 2. The van der Waals surface area contributed by atoms with Crippen molar-refractivity contribution in [2.24, 2.45) is 7.05 Å². The van der Waals surface area contributed by atoms with Crippen LogP contribution in [0.2, 0.25) is 5.02 Å². The Balaban J connectivity index is 2.19. The molecule has 1 heterocycles. The van der Waals surface area contributed by atoms with Crippen molar-refractivity contribution in [3.8, 4) is 0 Å². The summed E-state index contributed by atoms with van der Waals surface area (Å²) in [5.41, 5.74) is 0.994. The predicted molar refractivity (Wildman–Crippen MR) is 79.4 cm³/mol. The molecule has 3 nitrogen and oxygen atoms in total. The zero-order valence-electron chi connectivity index (χ0n) is 11.7. The minimum atomic E-state index is -0.384. The summed E-state index contributed by atoms with van der Waals surface area (Å²) < 4.78 is 15.2. The van der Waals surface area contributed by atoms with E-state index in [4.69, 9.17) is 11.6 Å². The molecule has 1 atom stereocenters. The molecule has 0 aliphatic rings. The molecular formula is C15H19ClFN3. The molecule has 0 aliphatic carbocycles. The van der Waals surface area contributed by atoms with Crippen LogP contribution >= 0.6 is 11.6 Å². The van der Waals surface area contributed by atoms with Crippen LogP contribution in [0.3, 0.4) is 0 Å². The third kappa shape index (κ3) is 3.58. The molecule has 5 heteroatoms. The summed E-state index contributed by atoms with van der Waals surface area (Å²) in [6, 6.07) is 4.95. The molecule has 0 aliphatic heterocycles. The van der Waals surface area contributed by atoms with Crippen LogP contribution in [0.5, 0.6) is 0 Å². The standard InChI is InChI=1S/C15H19ClFN3/c1-3-6-18-14(15-19-7-8-20(15)2)10-11-4-5-13(17)12(16)9-11/h4-5,7-9,14,18H,3,6,10H2,1-2H3. The molecule has 0 spiro atoms. The molecule has 108 valence electrons. The fourth-order valence-electron chi connectivity index (χ4n) is 2.19. The van der Waals surface area contributed by atoms with Gasteiger partial charge < -0.3 is 9.88 Å². The Labute approximate surface area is 123 Å². The molecule has 0 radical (unpaired) electrons. The Morgan fingerprint density at radius 1 is 1.45 bits per heavy atom. The molecule has 0 bridgehead atoms. The average molecular weight is 296 g/mol. The van der Waals surface area contributed by atoms with E-state index in [0.29, 0.717) is 0 Å². The van der Waals surface area contributed by atoms with Crippen LogP contribution in [0.15, 0.2) is 30.6 Å². The molecule has 0 saturated heterocycles. The van der Waals surface area contributed by atoms with Gasteiger partial charge in [0.2, 0.25) is 0 Å². The van der Waals surface area contributed by atoms with Crippen LogP contribution in [0.4, 0.5) is 4.39 Å². The van der Waals surface area contributed by atoms with E-state index in [1.54, 1.807) is 18.3 Å². The van der Waals surface area contributed by atoms with Gasteiger partial charge in [-0.25, -0.2) is 9.37 Å². The van der Waals surface area contributed by atoms with Crippen LogP contribution in [-0.4, -0.2) is 16.1 Å². The molecule has 0 fully saturated rings. The zero-order valence-corrected chi connectivity index (χ0v) is 12.5. The lowest BCUT2D eigenvalue weighted by Crippen LogP contribution is -2.26. The Bertz CT molecular complexity index is 568. The van der Waals surface area contributed by atoms with Crippen molar-refractivity contribution in [1.29, 1.82) is 0 Å². The molecule has 1 aromatic heterocycles. The molecule has 2 rings (SSSR count). The summed E-state index contributed by atoms with van der Waals surface area (Å²) >= 11 is 5.84. The van der Waals surface area contributed by atoms with Gasteiger partial charge in [0.1, 0.15) is 11.6 Å². The molecule has 1 aromatic carbocycles. The lowest BCUT2D eigenvalue weighted by atomic mass is 10.0. The third-order valence-electron chi connectivity index (χ3n) is 3.23. The summed E-state index contributed by atoms with van der Waals surface area (Å²) in [6.45, 7) is 3.03. The normalized spacial score (nSPS) is 12.6. The second kappa shape index (κ2) is 6.86. The average Bonchev–Trinajstić information content (AvgIpc) is 2.85. The number of imidazole rings is 1. The largest absolute Gasteiger partial charge is 0.337 e. The molecule has 2 aromatic rings. The monoisotopic (exact) mass is 295 g/mol. The van der Waals surface area contributed by atoms with Crippen LogP contribution in [0, 0.1) is 5.82 Å². The Kier molecular flexibility index (Phi) is 5.15. The van der Waals surface area contributed by atoms with Gasteiger partial charge in [0.25, 0.3) is 0 Å². The number of rotatable bonds is 6. The fourth-order valence-corrected chi connectivity index (χ4v) is 2.39. The quantitative estimate of drug-likeness (QED) is 0.884. The van der Waals surface area contributed by atoms with E-state index in [1.807, 2.05) is 17.8 Å². The number of aromatic nitrogens is 2. The smallest absolute Gasteiger partial charge is 0.141 e. The SMILES string of the molecule is CCCNC(Cc1ccc(F)c(Cl)c1)c1nccn1C. The first-order chi connectivity index (χ1) is 9.61. The lowest BCUT2D eigenvalue weighted by molar-refractivity contribution is 0.491. The van der Waals surface area contributed by atoms with Gasteiger partial charge in [-0.2, -0.15) is 0 Å². The van der Waals surface area contributed by atoms with Gasteiger partial charge in [0, 0.05) is 19.4 Å². The highest BCUT2D eigenvalue weighted by Crippen LogP contribution is 2.21. The van der Waals surface area contributed by atoms with Gasteiger partial charge >= 0.3 is 0 Å². The molecule has 0 amide bonds. The highest BCUT2D eigenvalue weighted by atomic mass is 35.5. The van der Waals surface area contributed by atoms with E-state index in [0.717, 1.165) is 30.8 Å². The lowest BCUT2D eigenvalue weighted by Gasteiger charge is -2.18. The van der Waals surface area contributed by atoms with Crippen LogP contribution in [0.25, 0.3) is 0 Å². The molecule has 1 N–H and O–H groups in total. The number of halogens is 2. The maximum absolute atomic E-state index is 13.2. The van der Waals surface area contributed by atoms with Crippen molar-refractivity contribution in [2.75, 3.05) is 6.54 Å². The van der Waals surface area contributed by atoms with Gasteiger partial charge in [-0.1, -0.05) is 24.6 Å². The first-order valence-electron chi connectivity index (χ1n) is 6.76. The van der Waals surface area contributed by atoms with Crippen LogP contribution in [-0.2, 0) is 13.5 Å². The van der Waals surface area contributed by atoms with Gasteiger partial charge in [0.15, 0.2) is 0 Å². The predicted octanol–water partition coefficient (Wildman–Crippen LogP) is 3.50. The van der Waals surface area contributed by atoms with E-state index in [-0.39, 0.29) is 16.9 Å². The summed E-state index contributed by atoms with van der Waals surface area (Å²) in [5, 5.41) is 3.64. The Hall–Kier alpha value is -1.39. The van der Waals surface area contributed by atoms with Crippen molar-refractivity contribution >= 4 is 11.6 Å². The maximum Gasteiger partial charge on any atom is 0.141 e. The molecular weight excluding hydrogens is 277 g/mol. The minimum Gasteiger partial charge on any atom is -0.337 e. The van der Waals surface area contributed by atoms with E-state index < -0.39 is 0 Å². The number of hydrogen-bond acceptors (Lipinski definition) is 2. The highest BCUT2D eigenvalue weighted by Gasteiger charge is 2.16. The van der Waals surface area contributed by atoms with Gasteiger partial charge in [-0.15, -0.1) is 0 Å². The topological polar surface area (TPSA) is 29.9 Å². The number of hydrogen-bond donors (Lipinski definition) is 1. The van der Waals surface area contributed by atoms with Crippen molar-refractivity contribution in [1.82, 2.24) is 14.9 Å². The summed E-state index contributed by atoms with van der Waals surface area (Å²) in [4.78, 5) is 4.40. The van der Waals surface area contributed by atoms with E-state index in [2.05, 4.69) is 17.2 Å². The zero-order chi connectivity index (χ0) is 14.5. The molecule has 1 unspecified atom stereocenters. The molecule has 0 saturated carbocycles. The third-order valence-corrected chi connectivity index (χ3v) is 3.52. The number of aryl methyl sites for hydroxylation is 1. The van der Waals surface area contributed by atoms with Crippen molar-refractivity contribution in [3.63, 3.8) is 0 Å². The highest BCUT2D eigenvalue weighted by molar-refractivity contribution is 6.30. The van der Waals surface area contributed by atoms with Gasteiger partial charge in [-0.3, -0.25) is 0 Å². The number of benzene rings is 1. The van der Waals surface area contributed by atoms with E-state index in [1.165, 1.54) is 6.07 Å². The maximum atomic E-state index is 13.2. The molecule has 20 heavy (non-hydrogen) atoms. The van der Waals surface area contributed by atoms with Crippen LogP contribution in [0.1, 0.15) is 30.8 Å².